The Kier molecular flexibility index (Phi) is 19.5. The van der Waals surface area contributed by atoms with E-state index < -0.39 is 0 Å². The summed E-state index contributed by atoms with van der Waals surface area (Å²) in [5, 5.41) is 19.0. The maximum Gasteiger partial charge on any atom is 0.143 e. The molecule has 0 heterocycles. The Morgan fingerprint density at radius 2 is 1.24 bits per heavy atom. The Morgan fingerprint density at radius 3 is 1.85 bits per heavy atom. The number of hydrogen-bond donors (Lipinski definition) is 3. The van der Waals surface area contributed by atoms with Crippen molar-refractivity contribution in [2.45, 2.75) is 12.8 Å². The van der Waals surface area contributed by atoms with E-state index in [1.165, 1.54) is 0 Å². The van der Waals surface area contributed by atoms with Crippen molar-refractivity contribution in [3.05, 3.63) is 18.2 Å². The molecule has 1 aromatic rings. The average Bonchev–Trinajstić information content (AvgIpc) is 2.85. The number of unbranched alkanes of at least 4 members (excludes halogenated alkanes) is 1. The van der Waals surface area contributed by atoms with Crippen molar-refractivity contribution in [2.24, 2.45) is 0 Å². The molecule has 0 saturated heterocycles. The lowest BCUT2D eigenvalue weighted by molar-refractivity contribution is 0.000499. The van der Waals surface area contributed by atoms with Gasteiger partial charge in [-0.15, -0.1) is 0 Å². The van der Waals surface area contributed by atoms with Gasteiger partial charge in [0.2, 0.25) is 0 Å². The molecule has 0 bridgehead atoms. The van der Waals surface area contributed by atoms with Gasteiger partial charge < -0.3 is 44.4 Å². The first-order valence-corrected chi connectivity index (χ1v) is 11.7. The van der Waals surface area contributed by atoms with Crippen LogP contribution >= 0.6 is 0 Å². The van der Waals surface area contributed by atoms with Gasteiger partial charge >= 0.3 is 0 Å². The summed E-state index contributed by atoms with van der Waals surface area (Å²) in [6.45, 7) is 5.56. The summed E-state index contributed by atoms with van der Waals surface area (Å²) in [6.07, 6.45) is 1.77. The van der Waals surface area contributed by atoms with Crippen LogP contribution in [0.2, 0.25) is 0 Å². The van der Waals surface area contributed by atoms with Gasteiger partial charge in [-0.05, 0) is 25.0 Å². The molecule has 4 N–H and O–H groups in total. The van der Waals surface area contributed by atoms with Gasteiger partial charge in [0.25, 0.3) is 0 Å². The summed E-state index contributed by atoms with van der Waals surface area (Å²) in [5.74, 6) is 0.573. The van der Waals surface area contributed by atoms with E-state index >= 15 is 0 Å². The number of aliphatic hydroxyl groups is 2. The molecule has 0 fully saturated rings. The molecule has 0 spiro atoms. The number of nitrogen functional groups attached to an aromatic ring is 1. The van der Waals surface area contributed by atoms with E-state index in [2.05, 4.69) is 0 Å². The molecular weight excluding hydrogens is 448 g/mol. The van der Waals surface area contributed by atoms with Crippen LogP contribution in [0.15, 0.2) is 18.2 Å². The van der Waals surface area contributed by atoms with E-state index in [1.54, 1.807) is 18.2 Å². The number of benzene rings is 1. The predicted octanol–water partition coefficient (Wildman–Crippen LogP) is 0.863. The van der Waals surface area contributed by atoms with Crippen molar-refractivity contribution in [3.63, 3.8) is 0 Å². The fourth-order valence-corrected chi connectivity index (χ4v) is 2.76. The molecule has 1 rings (SSSR count). The molecular formula is C23H42N2O9. The Labute approximate surface area is 202 Å². The van der Waals surface area contributed by atoms with E-state index in [-0.39, 0.29) is 13.2 Å². The summed E-state index contributed by atoms with van der Waals surface area (Å²) >= 11 is 0. The molecule has 34 heavy (non-hydrogen) atoms. The number of hydrogen-bond acceptors (Lipinski definition) is 11. The maximum absolute atomic E-state index is 8.67. The first kappa shape index (κ1) is 30.3. The van der Waals surface area contributed by atoms with Crippen LogP contribution in [0.1, 0.15) is 12.8 Å². The number of aliphatic hydroxyl groups excluding tert-OH is 2. The normalized spacial score (nSPS) is 11.1. The lowest BCUT2D eigenvalue weighted by Crippen LogP contribution is -2.30. The predicted molar refractivity (Wildman–Crippen MR) is 128 cm³/mol. The maximum atomic E-state index is 8.67. The van der Waals surface area contributed by atoms with Crippen molar-refractivity contribution >= 4 is 11.4 Å². The zero-order chi connectivity index (χ0) is 24.7. The van der Waals surface area contributed by atoms with E-state index in [0.29, 0.717) is 90.7 Å². The molecule has 11 nitrogen and oxygen atoms in total. The molecule has 11 heteroatoms. The second kappa shape index (κ2) is 21.8. The number of rotatable bonds is 24. The van der Waals surface area contributed by atoms with Crippen molar-refractivity contribution in [1.82, 2.24) is 0 Å². The number of ether oxygens (including phenoxy) is 6. The molecule has 0 amide bonds. The van der Waals surface area contributed by atoms with Gasteiger partial charge in [-0.25, -0.2) is 0 Å². The molecule has 0 aliphatic rings. The van der Waals surface area contributed by atoms with Gasteiger partial charge in [0, 0.05) is 19.3 Å². The highest BCUT2D eigenvalue weighted by atomic mass is 16.7. The van der Waals surface area contributed by atoms with Gasteiger partial charge in [0.05, 0.1) is 97.7 Å². The van der Waals surface area contributed by atoms with Crippen LogP contribution in [0.4, 0.5) is 11.4 Å². The fourth-order valence-electron chi connectivity index (χ4n) is 2.76. The highest BCUT2D eigenvalue weighted by molar-refractivity contribution is 5.61. The fraction of sp³-hybridized carbons (Fsp3) is 0.739. The van der Waals surface area contributed by atoms with Gasteiger partial charge in [-0.1, -0.05) is 0 Å². The SMILES string of the molecule is COc1cc(N(CCOCCOCCOCCO)OCCOCCCCOCCO)ccc1N. The lowest BCUT2D eigenvalue weighted by atomic mass is 10.2. The van der Waals surface area contributed by atoms with Crippen LogP contribution in [-0.4, -0.2) is 110 Å². The minimum Gasteiger partial charge on any atom is -0.495 e. The Morgan fingerprint density at radius 1 is 0.706 bits per heavy atom. The molecule has 0 aliphatic heterocycles. The van der Waals surface area contributed by atoms with Crippen molar-refractivity contribution in [2.75, 3.05) is 110 Å². The van der Waals surface area contributed by atoms with E-state index in [0.717, 1.165) is 18.5 Å². The molecule has 0 saturated carbocycles. The molecule has 0 aliphatic carbocycles. The largest absolute Gasteiger partial charge is 0.495 e. The first-order valence-electron chi connectivity index (χ1n) is 11.7. The minimum absolute atomic E-state index is 0.00917. The quantitative estimate of drug-likeness (QED) is 0.108. The van der Waals surface area contributed by atoms with Crippen molar-refractivity contribution in [1.29, 1.82) is 0 Å². The van der Waals surface area contributed by atoms with E-state index in [4.69, 9.17) is 49.2 Å². The third kappa shape index (κ3) is 15.3. The highest BCUT2D eigenvalue weighted by Gasteiger charge is 2.11. The molecule has 1 aromatic carbocycles. The molecule has 0 radical (unpaired) electrons. The van der Waals surface area contributed by atoms with Gasteiger partial charge in [0.1, 0.15) is 5.75 Å². The zero-order valence-corrected chi connectivity index (χ0v) is 20.3. The van der Waals surface area contributed by atoms with Crippen LogP contribution in [0, 0.1) is 0 Å². The topological polar surface area (TPSA) is 134 Å². The van der Waals surface area contributed by atoms with Crippen LogP contribution in [0.5, 0.6) is 5.75 Å². The number of methoxy groups -OCH3 is 1. The lowest BCUT2D eigenvalue weighted by Gasteiger charge is -2.24. The second-order valence-corrected chi connectivity index (χ2v) is 7.08. The minimum atomic E-state index is 0.00917. The van der Waals surface area contributed by atoms with E-state index in [9.17, 15) is 0 Å². The summed E-state index contributed by atoms with van der Waals surface area (Å²) < 4.78 is 32.3. The average molecular weight is 491 g/mol. The van der Waals surface area contributed by atoms with Crippen LogP contribution in [-0.2, 0) is 28.5 Å². The third-order valence-corrected chi connectivity index (χ3v) is 4.46. The van der Waals surface area contributed by atoms with Gasteiger partial charge in [0.15, 0.2) is 0 Å². The zero-order valence-electron chi connectivity index (χ0n) is 20.3. The smallest absolute Gasteiger partial charge is 0.143 e. The van der Waals surface area contributed by atoms with Gasteiger partial charge in [-0.3, -0.25) is 9.90 Å². The van der Waals surface area contributed by atoms with Crippen LogP contribution in [0.25, 0.3) is 0 Å². The number of nitrogens with zero attached hydrogens (tertiary/aromatic N) is 1. The summed E-state index contributed by atoms with van der Waals surface area (Å²) in [5.41, 5.74) is 7.28. The summed E-state index contributed by atoms with van der Waals surface area (Å²) in [4.78, 5) is 5.92. The summed E-state index contributed by atoms with van der Waals surface area (Å²) in [7, 11) is 1.57. The monoisotopic (exact) mass is 490 g/mol. The third-order valence-electron chi connectivity index (χ3n) is 4.46. The summed E-state index contributed by atoms with van der Waals surface area (Å²) in [6, 6.07) is 5.45. The van der Waals surface area contributed by atoms with Crippen molar-refractivity contribution < 1.29 is 43.5 Å². The molecule has 0 unspecified atom stereocenters. The molecule has 0 aromatic heterocycles. The Balaban J connectivity index is 2.31. The highest BCUT2D eigenvalue weighted by Crippen LogP contribution is 2.27. The second-order valence-electron chi connectivity index (χ2n) is 7.08. The Hall–Kier alpha value is -1.70. The van der Waals surface area contributed by atoms with Gasteiger partial charge in [-0.2, -0.15) is 0 Å². The standard InChI is InChI=1S/C23H42N2O9/c1-28-23-20-21(4-5-22(23)24)25(6-11-31-14-16-33-17-15-32-13-8-27)34-19-18-30-10-3-2-9-29-12-7-26/h4-5,20,26-27H,2-3,6-19,24H2,1H3. The Bertz CT molecular complexity index is 572. The van der Waals surface area contributed by atoms with E-state index in [1.807, 2.05) is 12.1 Å². The van der Waals surface area contributed by atoms with Crippen LogP contribution in [0.3, 0.4) is 0 Å². The van der Waals surface area contributed by atoms with Crippen molar-refractivity contribution in [3.8, 4) is 5.75 Å². The molecule has 198 valence electrons. The van der Waals surface area contributed by atoms with Crippen LogP contribution < -0.4 is 15.5 Å². The molecule has 0 atom stereocenters. The number of nitrogens with two attached hydrogens (primary N) is 1. The number of hydroxylamine groups is 1. The number of anilines is 2. The first-order chi connectivity index (χ1) is 16.7.